The van der Waals surface area contributed by atoms with Gasteiger partial charge in [0.2, 0.25) is 5.91 Å². The second kappa shape index (κ2) is 8.05. The first kappa shape index (κ1) is 16.6. The highest BCUT2D eigenvalue weighted by atomic mass is 35.5. The van der Waals surface area contributed by atoms with E-state index in [1.807, 2.05) is 0 Å². The number of hydrogen-bond donors (Lipinski definition) is 2. The van der Waals surface area contributed by atoms with Crippen molar-refractivity contribution in [2.75, 3.05) is 5.32 Å². The number of hydrazone groups is 1. The van der Waals surface area contributed by atoms with Crippen molar-refractivity contribution in [2.24, 2.45) is 5.10 Å². The summed E-state index contributed by atoms with van der Waals surface area (Å²) in [5.41, 5.74) is 3.77. The van der Waals surface area contributed by atoms with Gasteiger partial charge in [-0.05, 0) is 31.2 Å². The number of amides is 2. The Kier molecular flexibility index (Phi) is 5.82. The summed E-state index contributed by atoms with van der Waals surface area (Å²) in [6.45, 7) is 1.65. The zero-order valence-corrected chi connectivity index (χ0v) is 13.2. The van der Waals surface area contributed by atoms with E-state index < -0.39 is 5.91 Å². The number of aromatic nitrogens is 1. The fraction of sp³-hybridized carbons (Fsp3) is 0.125. The number of anilines is 1. The summed E-state index contributed by atoms with van der Waals surface area (Å²) in [5, 5.41) is 6.93. The maximum Gasteiger partial charge on any atom is 0.272 e. The lowest BCUT2D eigenvalue weighted by molar-refractivity contribution is -0.115. The number of hydrogen-bond acceptors (Lipinski definition) is 4. The summed E-state index contributed by atoms with van der Waals surface area (Å²) < 4.78 is 0. The monoisotopic (exact) mass is 330 g/mol. The van der Waals surface area contributed by atoms with Crippen LogP contribution in [0.2, 0.25) is 5.02 Å². The van der Waals surface area contributed by atoms with Gasteiger partial charge in [0.25, 0.3) is 5.91 Å². The maximum absolute atomic E-state index is 11.9. The highest BCUT2D eigenvalue weighted by molar-refractivity contribution is 6.33. The van der Waals surface area contributed by atoms with E-state index in [-0.39, 0.29) is 12.3 Å². The largest absolute Gasteiger partial charge is 0.324 e. The number of rotatable bonds is 5. The lowest BCUT2D eigenvalue weighted by Crippen LogP contribution is -2.21. The molecule has 23 heavy (non-hydrogen) atoms. The first-order valence-electron chi connectivity index (χ1n) is 6.84. The number of carbonyl (C=O) groups is 2. The summed E-state index contributed by atoms with van der Waals surface area (Å²) in [6.07, 6.45) is 3.22. The molecule has 0 aliphatic heterocycles. The van der Waals surface area contributed by atoms with E-state index in [1.54, 1.807) is 55.7 Å². The van der Waals surface area contributed by atoms with Gasteiger partial charge in [0, 0.05) is 11.9 Å². The number of carbonyl (C=O) groups excluding carboxylic acids is 2. The number of nitrogens with zero attached hydrogens (tertiary/aromatic N) is 2. The van der Waals surface area contributed by atoms with E-state index in [0.29, 0.717) is 22.0 Å². The second-order valence-electron chi connectivity index (χ2n) is 4.73. The van der Waals surface area contributed by atoms with Crippen molar-refractivity contribution in [1.82, 2.24) is 10.4 Å². The van der Waals surface area contributed by atoms with Crippen LogP contribution in [0.25, 0.3) is 0 Å². The average Bonchev–Trinajstić information content (AvgIpc) is 2.54. The Morgan fingerprint density at radius 3 is 2.70 bits per heavy atom. The van der Waals surface area contributed by atoms with Crippen molar-refractivity contribution in [2.45, 2.75) is 13.3 Å². The molecule has 1 heterocycles. The molecule has 2 amide bonds. The lowest BCUT2D eigenvalue weighted by Gasteiger charge is -2.05. The molecule has 0 fully saturated rings. The van der Waals surface area contributed by atoms with Crippen LogP contribution in [0.15, 0.2) is 53.9 Å². The summed E-state index contributed by atoms with van der Waals surface area (Å²) in [6, 6.07) is 10.1. The van der Waals surface area contributed by atoms with Gasteiger partial charge >= 0.3 is 0 Å². The minimum atomic E-state index is -0.428. The summed E-state index contributed by atoms with van der Waals surface area (Å²) in [4.78, 5) is 27.7. The lowest BCUT2D eigenvalue weighted by atomic mass is 10.2. The zero-order chi connectivity index (χ0) is 16.7. The van der Waals surface area contributed by atoms with Gasteiger partial charge in [-0.3, -0.25) is 14.6 Å². The van der Waals surface area contributed by atoms with Crippen LogP contribution in [0, 0.1) is 0 Å². The Morgan fingerprint density at radius 1 is 1.22 bits per heavy atom. The predicted molar refractivity (Wildman–Crippen MR) is 89.5 cm³/mol. The highest BCUT2D eigenvalue weighted by Gasteiger charge is 2.09. The molecule has 7 heteroatoms. The van der Waals surface area contributed by atoms with E-state index in [2.05, 4.69) is 20.8 Å². The molecule has 1 aromatic carbocycles. The van der Waals surface area contributed by atoms with Crippen molar-refractivity contribution in [3.05, 3.63) is 59.4 Å². The molecule has 0 radical (unpaired) electrons. The molecule has 0 aliphatic rings. The van der Waals surface area contributed by atoms with Crippen LogP contribution in [0.4, 0.5) is 5.69 Å². The third-order valence-electron chi connectivity index (χ3n) is 2.83. The van der Waals surface area contributed by atoms with Gasteiger partial charge in [-0.2, -0.15) is 5.10 Å². The second-order valence-corrected chi connectivity index (χ2v) is 5.14. The zero-order valence-electron chi connectivity index (χ0n) is 12.4. The highest BCUT2D eigenvalue weighted by Crippen LogP contribution is 2.14. The van der Waals surface area contributed by atoms with Crippen molar-refractivity contribution in [1.29, 1.82) is 0 Å². The Balaban J connectivity index is 1.89. The molecule has 0 spiro atoms. The molecule has 1 aromatic heterocycles. The first-order valence-corrected chi connectivity index (χ1v) is 7.22. The minimum Gasteiger partial charge on any atom is -0.324 e. The Hall–Kier alpha value is -2.73. The summed E-state index contributed by atoms with van der Waals surface area (Å²) in [7, 11) is 0. The normalized spacial score (nSPS) is 11.0. The molecule has 0 saturated carbocycles. The Morgan fingerprint density at radius 2 is 2.00 bits per heavy atom. The molecule has 0 aliphatic carbocycles. The van der Waals surface area contributed by atoms with Gasteiger partial charge in [-0.15, -0.1) is 0 Å². The molecule has 2 rings (SSSR count). The number of benzene rings is 1. The van der Waals surface area contributed by atoms with Crippen molar-refractivity contribution in [3.63, 3.8) is 0 Å². The van der Waals surface area contributed by atoms with Crippen molar-refractivity contribution in [3.8, 4) is 0 Å². The van der Waals surface area contributed by atoms with E-state index >= 15 is 0 Å². The molecule has 6 nitrogen and oxygen atoms in total. The molecule has 2 N–H and O–H groups in total. The fourth-order valence-corrected chi connectivity index (χ4v) is 1.99. The van der Waals surface area contributed by atoms with Crippen molar-refractivity contribution >= 4 is 34.8 Å². The smallest absolute Gasteiger partial charge is 0.272 e. The Labute approximate surface area is 138 Å². The maximum atomic E-state index is 11.9. The van der Waals surface area contributed by atoms with Crippen LogP contribution in [0.3, 0.4) is 0 Å². The molecule has 118 valence electrons. The third-order valence-corrected chi connectivity index (χ3v) is 3.16. The summed E-state index contributed by atoms with van der Waals surface area (Å²) >= 11 is 5.93. The molecule has 2 aromatic rings. The van der Waals surface area contributed by atoms with E-state index in [4.69, 9.17) is 11.6 Å². The SMILES string of the molecule is C/C(CC(=O)Nc1cccnc1)=N\NC(=O)c1ccccc1Cl. The first-order chi connectivity index (χ1) is 11.1. The van der Waals surface area contributed by atoms with Gasteiger partial charge in [0.05, 0.1) is 28.9 Å². The van der Waals surface area contributed by atoms with Crippen LogP contribution in [-0.4, -0.2) is 22.5 Å². The van der Waals surface area contributed by atoms with E-state index in [0.717, 1.165) is 0 Å². The average molecular weight is 331 g/mol. The van der Waals surface area contributed by atoms with E-state index in [1.165, 1.54) is 0 Å². The minimum absolute atomic E-state index is 0.0533. The summed E-state index contributed by atoms with van der Waals surface area (Å²) in [5.74, 6) is -0.672. The van der Waals surface area contributed by atoms with Gasteiger partial charge in [0.1, 0.15) is 0 Å². The molecule has 0 bridgehead atoms. The molecular weight excluding hydrogens is 316 g/mol. The van der Waals surface area contributed by atoms with Gasteiger partial charge in [-0.1, -0.05) is 23.7 Å². The number of halogens is 1. The van der Waals surface area contributed by atoms with Crippen LogP contribution in [-0.2, 0) is 4.79 Å². The van der Waals surface area contributed by atoms with Gasteiger partial charge < -0.3 is 5.32 Å². The standard InChI is InChI=1S/C16H15ClN4O2/c1-11(9-15(22)19-12-5-4-8-18-10-12)20-21-16(23)13-6-2-3-7-14(13)17/h2-8,10H,9H2,1H3,(H,19,22)(H,21,23)/b20-11+. The number of pyridine rings is 1. The topological polar surface area (TPSA) is 83.4 Å². The Bertz CT molecular complexity index is 732. The number of nitrogens with one attached hydrogen (secondary N) is 2. The fourth-order valence-electron chi connectivity index (χ4n) is 1.77. The van der Waals surface area contributed by atoms with Crippen LogP contribution in [0.5, 0.6) is 0 Å². The van der Waals surface area contributed by atoms with Gasteiger partial charge in [-0.25, -0.2) is 5.43 Å². The van der Waals surface area contributed by atoms with Crippen molar-refractivity contribution < 1.29 is 9.59 Å². The third kappa shape index (κ3) is 5.19. The van der Waals surface area contributed by atoms with Crippen LogP contribution >= 0.6 is 11.6 Å². The van der Waals surface area contributed by atoms with Crippen LogP contribution in [0.1, 0.15) is 23.7 Å². The van der Waals surface area contributed by atoms with Gasteiger partial charge in [0.15, 0.2) is 0 Å². The van der Waals surface area contributed by atoms with Crippen LogP contribution < -0.4 is 10.7 Å². The molecular formula is C16H15ClN4O2. The van der Waals surface area contributed by atoms with E-state index in [9.17, 15) is 9.59 Å². The molecule has 0 unspecified atom stereocenters. The quantitative estimate of drug-likeness (QED) is 0.653. The predicted octanol–water partition coefficient (Wildman–Crippen LogP) is 2.87. The molecule has 0 atom stereocenters. The molecule has 0 saturated heterocycles.